The third-order valence-corrected chi connectivity index (χ3v) is 2.08. The molecule has 1 heterocycles. The predicted molar refractivity (Wildman–Crippen MR) is 45.5 cm³/mol. The molecule has 0 aliphatic carbocycles. The Morgan fingerprint density at radius 2 is 2.27 bits per heavy atom. The third kappa shape index (κ3) is 1.39. The molecule has 11 heavy (non-hydrogen) atoms. The van der Waals surface area contributed by atoms with Gasteiger partial charge < -0.3 is 10.3 Å². The molecule has 0 aliphatic rings. The number of imidazole rings is 1. The topological polar surface area (TPSA) is 43.8 Å². The van der Waals surface area contributed by atoms with Crippen LogP contribution in [0.15, 0.2) is 0 Å². The van der Waals surface area contributed by atoms with Crippen LogP contribution in [0.3, 0.4) is 0 Å². The van der Waals surface area contributed by atoms with E-state index >= 15 is 0 Å². The molecule has 0 spiro atoms. The minimum atomic E-state index is 0.441. The lowest BCUT2D eigenvalue weighted by Crippen LogP contribution is -2.06. The molecule has 0 saturated heterocycles. The minimum absolute atomic E-state index is 0.441. The van der Waals surface area contributed by atoms with Gasteiger partial charge in [-0.3, -0.25) is 0 Å². The maximum atomic E-state index is 5.84. The standard InChI is InChI=1S/C7H12ClN3/c1-3-5-7(8)10-6(4-9)11(5)2/h3-4,9H2,1-2H3. The van der Waals surface area contributed by atoms with Crippen LogP contribution in [0.5, 0.6) is 0 Å². The number of halogens is 1. The fourth-order valence-corrected chi connectivity index (χ4v) is 1.47. The summed E-state index contributed by atoms with van der Waals surface area (Å²) >= 11 is 5.84. The van der Waals surface area contributed by atoms with Gasteiger partial charge in [-0.15, -0.1) is 0 Å². The van der Waals surface area contributed by atoms with Crippen LogP contribution < -0.4 is 5.73 Å². The van der Waals surface area contributed by atoms with Gasteiger partial charge in [0.15, 0.2) is 5.15 Å². The fraction of sp³-hybridized carbons (Fsp3) is 0.571. The third-order valence-electron chi connectivity index (χ3n) is 1.77. The van der Waals surface area contributed by atoms with Gasteiger partial charge in [-0.2, -0.15) is 0 Å². The van der Waals surface area contributed by atoms with Crippen LogP contribution in [-0.4, -0.2) is 9.55 Å². The summed E-state index contributed by atoms with van der Waals surface area (Å²) in [5.74, 6) is 0.840. The van der Waals surface area contributed by atoms with Crippen molar-refractivity contribution in [2.75, 3.05) is 0 Å². The first-order chi connectivity index (χ1) is 5.20. The van der Waals surface area contributed by atoms with Crippen molar-refractivity contribution in [1.29, 1.82) is 0 Å². The summed E-state index contributed by atoms with van der Waals surface area (Å²) in [5, 5.41) is 0.579. The monoisotopic (exact) mass is 173 g/mol. The first-order valence-electron chi connectivity index (χ1n) is 3.60. The van der Waals surface area contributed by atoms with Crippen molar-refractivity contribution in [3.8, 4) is 0 Å². The molecule has 3 nitrogen and oxygen atoms in total. The van der Waals surface area contributed by atoms with Crippen molar-refractivity contribution in [3.05, 3.63) is 16.7 Å². The molecule has 0 saturated carbocycles. The van der Waals surface area contributed by atoms with Gasteiger partial charge in [-0.1, -0.05) is 18.5 Å². The predicted octanol–water partition coefficient (Wildman–Crippen LogP) is 1.09. The van der Waals surface area contributed by atoms with Crippen molar-refractivity contribution in [2.24, 2.45) is 12.8 Å². The average Bonchev–Trinajstić information content (AvgIpc) is 2.26. The molecule has 0 fully saturated rings. The molecule has 1 aromatic heterocycles. The second-order valence-electron chi connectivity index (χ2n) is 2.38. The van der Waals surface area contributed by atoms with Gasteiger partial charge in [-0.05, 0) is 6.42 Å². The SMILES string of the molecule is CCc1c(Cl)nc(CN)n1C. The van der Waals surface area contributed by atoms with Crippen molar-refractivity contribution in [1.82, 2.24) is 9.55 Å². The molecule has 0 amide bonds. The van der Waals surface area contributed by atoms with E-state index in [0.29, 0.717) is 11.7 Å². The molecule has 4 heteroatoms. The largest absolute Gasteiger partial charge is 0.333 e. The van der Waals surface area contributed by atoms with Crippen LogP contribution in [0.4, 0.5) is 0 Å². The fourth-order valence-electron chi connectivity index (χ4n) is 1.11. The van der Waals surface area contributed by atoms with Gasteiger partial charge >= 0.3 is 0 Å². The van der Waals surface area contributed by atoms with E-state index in [0.717, 1.165) is 17.9 Å². The molecule has 0 radical (unpaired) electrons. The second kappa shape index (κ2) is 3.24. The first kappa shape index (κ1) is 8.56. The lowest BCUT2D eigenvalue weighted by atomic mass is 10.4. The summed E-state index contributed by atoms with van der Waals surface area (Å²) in [4.78, 5) is 4.10. The molecular weight excluding hydrogens is 162 g/mol. The van der Waals surface area contributed by atoms with Crippen LogP contribution in [0.25, 0.3) is 0 Å². The van der Waals surface area contributed by atoms with E-state index in [4.69, 9.17) is 17.3 Å². The van der Waals surface area contributed by atoms with E-state index in [-0.39, 0.29) is 0 Å². The van der Waals surface area contributed by atoms with E-state index in [1.807, 2.05) is 18.5 Å². The Balaban J connectivity index is 3.14. The summed E-state index contributed by atoms with van der Waals surface area (Å²) < 4.78 is 1.95. The number of nitrogens with zero attached hydrogens (tertiary/aromatic N) is 2. The Morgan fingerprint density at radius 3 is 2.55 bits per heavy atom. The Bertz CT molecular complexity index is 254. The summed E-state index contributed by atoms with van der Waals surface area (Å²) in [6.07, 6.45) is 0.891. The summed E-state index contributed by atoms with van der Waals surface area (Å²) in [6, 6.07) is 0. The van der Waals surface area contributed by atoms with Crippen LogP contribution in [0.2, 0.25) is 5.15 Å². The highest BCUT2D eigenvalue weighted by molar-refractivity contribution is 6.30. The van der Waals surface area contributed by atoms with Crippen LogP contribution in [0.1, 0.15) is 18.4 Å². The Kier molecular flexibility index (Phi) is 2.52. The van der Waals surface area contributed by atoms with Gasteiger partial charge in [0.1, 0.15) is 5.82 Å². The number of hydrogen-bond donors (Lipinski definition) is 1. The van der Waals surface area contributed by atoms with Crippen molar-refractivity contribution in [2.45, 2.75) is 19.9 Å². The van der Waals surface area contributed by atoms with Crippen molar-refractivity contribution < 1.29 is 0 Å². The van der Waals surface area contributed by atoms with Crippen molar-refractivity contribution in [3.63, 3.8) is 0 Å². The van der Waals surface area contributed by atoms with Gasteiger partial charge in [0.05, 0.1) is 12.2 Å². The molecule has 0 unspecified atom stereocenters. The maximum Gasteiger partial charge on any atom is 0.150 e. The minimum Gasteiger partial charge on any atom is -0.333 e. The van der Waals surface area contributed by atoms with E-state index in [1.165, 1.54) is 0 Å². The van der Waals surface area contributed by atoms with Crippen molar-refractivity contribution >= 4 is 11.6 Å². The molecule has 1 rings (SSSR count). The maximum absolute atomic E-state index is 5.84. The lowest BCUT2D eigenvalue weighted by molar-refractivity contribution is 0.755. The zero-order valence-electron chi connectivity index (χ0n) is 6.76. The van der Waals surface area contributed by atoms with Gasteiger partial charge in [0.2, 0.25) is 0 Å². The smallest absolute Gasteiger partial charge is 0.150 e. The quantitative estimate of drug-likeness (QED) is 0.728. The molecule has 1 aromatic rings. The molecule has 62 valence electrons. The van der Waals surface area contributed by atoms with Gasteiger partial charge in [0, 0.05) is 7.05 Å². The highest BCUT2D eigenvalue weighted by Crippen LogP contribution is 2.15. The average molecular weight is 174 g/mol. The van der Waals surface area contributed by atoms with Gasteiger partial charge in [0.25, 0.3) is 0 Å². The van der Waals surface area contributed by atoms with Crippen LogP contribution in [-0.2, 0) is 20.0 Å². The Hall–Kier alpha value is -0.540. The zero-order chi connectivity index (χ0) is 8.43. The Labute approximate surface area is 71.2 Å². The zero-order valence-corrected chi connectivity index (χ0v) is 7.52. The summed E-state index contributed by atoms with van der Waals surface area (Å²) in [7, 11) is 1.93. The highest BCUT2D eigenvalue weighted by atomic mass is 35.5. The number of aromatic nitrogens is 2. The number of hydrogen-bond acceptors (Lipinski definition) is 2. The molecule has 0 atom stereocenters. The summed E-state index contributed by atoms with van der Waals surface area (Å²) in [6.45, 7) is 2.49. The molecule has 0 aliphatic heterocycles. The summed E-state index contributed by atoms with van der Waals surface area (Å²) in [5.41, 5.74) is 6.49. The molecule has 0 bridgehead atoms. The highest BCUT2D eigenvalue weighted by Gasteiger charge is 2.08. The number of rotatable bonds is 2. The first-order valence-corrected chi connectivity index (χ1v) is 3.98. The Morgan fingerprint density at radius 1 is 1.64 bits per heavy atom. The van der Waals surface area contributed by atoms with E-state index < -0.39 is 0 Å². The normalized spacial score (nSPS) is 10.5. The van der Waals surface area contributed by atoms with E-state index in [1.54, 1.807) is 0 Å². The van der Waals surface area contributed by atoms with Gasteiger partial charge in [-0.25, -0.2) is 4.98 Å². The van der Waals surface area contributed by atoms with Crippen LogP contribution in [0, 0.1) is 0 Å². The number of nitrogens with two attached hydrogens (primary N) is 1. The second-order valence-corrected chi connectivity index (χ2v) is 2.74. The lowest BCUT2D eigenvalue weighted by Gasteiger charge is -2.00. The molecule has 0 aromatic carbocycles. The molecule has 2 N–H and O–H groups in total. The molecular formula is C7H12ClN3. The van der Waals surface area contributed by atoms with Crippen LogP contribution >= 0.6 is 11.6 Å². The van der Waals surface area contributed by atoms with E-state index in [9.17, 15) is 0 Å². The van der Waals surface area contributed by atoms with E-state index in [2.05, 4.69) is 4.98 Å².